The molecule has 0 heterocycles. The van der Waals surface area contributed by atoms with E-state index < -0.39 is 6.04 Å². The first-order chi connectivity index (χ1) is 14.3. The highest BCUT2D eigenvalue weighted by molar-refractivity contribution is 6.30. The van der Waals surface area contributed by atoms with Crippen LogP contribution in [0.5, 0.6) is 5.75 Å². The second-order valence-electron chi connectivity index (χ2n) is 7.82. The number of ether oxygens (including phenoxy) is 1. The highest BCUT2D eigenvalue weighted by Crippen LogP contribution is 2.17. The first-order valence-electron chi connectivity index (χ1n) is 10.3. The summed E-state index contributed by atoms with van der Waals surface area (Å²) in [7, 11) is 0. The molecule has 5 nitrogen and oxygen atoms in total. The van der Waals surface area contributed by atoms with Crippen molar-refractivity contribution in [3.8, 4) is 5.75 Å². The maximum atomic E-state index is 13.1. The zero-order valence-corrected chi connectivity index (χ0v) is 18.9. The van der Waals surface area contributed by atoms with E-state index in [0.717, 1.165) is 11.1 Å². The van der Waals surface area contributed by atoms with Crippen LogP contribution in [0.2, 0.25) is 5.02 Å². The van der Waals surface area contributed by atoms with Crippen LogP contribution in [0.15, 0.2) is 48.5 Å². The molecule has 0 aliphatic carbocycles. The van der Waals surface area contributed by atoms with E-state index in [-0.39, 0.29) is 18.4 Å². The standard InChI is InChI=1S/C24H31ClN2O3/c1-5-22(24(29)26-14-17(2)3)27(15-19-9-11-20(25)12-10-19)23(28)16-30-21-8-6-7-18(4)13-21/h6-13,17,22H,5,14-16H2,1-4H3,(H,26,29). The molecule has 2 rings (SSSR count). The molecule has 0 saturated heterocycles. The molecule has 0 spiro atoms. The van der Waals surface area contributed by atoms with E-state index in [2.05, 4.69) is 5.32 Å². The molecule has 0 aliphatic rings. The van der Waals surface area contributed by atoms with Crippen molar-refractivity contribution >= 4 is 23.4 Å². The third-order valence-corrected chi connectivity index (χ3v) is 4.94. The number of hydrogen-bond acceptors (Lipinski definition) is 3. The van der Waals surface area contributed by atoms with E-state index >= 15 is 0 Å². The number of aryl methyl sites for hydroxylation is 1. The smallest absolute Gasteiger partial charge is 0.261 e. The lowest BCUT2D eigenvalue weighted by atomic mass is 10.1. The van der Waals surface area contributed by atoms with E-state index in [1.165, 1.54) is 0 Å². The minimum Gasteiger partial charge on any atom is -0.484 e. The van der Waals surface area contributed by atoms with E-state index in [1.807, 2.05) is 64.1 Å². The monoisotopic (exact) mass is 430 g/mol. The lowest BCUT2D eigenvalue weighted by Crippen LogP contribution is -2.50. The van der Waals surface area contributed by atoms with Gasteiger partial charge in [0.05, 0.1) is 0 Å². The average Bonchev–Trinajstić information content (AvgIpc) is 2.71. The molecule has 1 unspecified atom stereocenters. The van der Waals surface area contributed by atoms with Gasteiger partial charge in [0.2, 0.25) is 5.91 Å². The average molecular weight is 431 g/mol. The van der Waals surface area contributed by atoms with Crippen molar-refractivity contribution in [3.05, 3.63) is 64.7 Å². The number of nitrogens with zero attached hydrogens (tertiary/aromatic N) is 1. The predicted molar refractivity (Wildman–Crippen MR) is 121 cm³/mol. The minimum atomic E-state index is -0.576. The van der Waals surface area contributed by atoms with Crippen molar-refractivity contribution in [1.82, 2.24) is 10.2 Å². The van der Waals surface area contributed by atoms with E-state index in [4.69, 9.17) is 16.3 Å². The molecule has 2 amide bonds. The summed E-state index contributed by atoms with van der Waals surface area (Å²) in [6.45, 7) is 8.68. The molecule has 162 valence electrons. The van der Waals surface area contributed by atoms with Crippen LogP contribution < -0.4 is 10.1 Å². The Bertz CT molecular complexity index is 837. The second kappa shape index (κ2) is 11.6. The van der Waals surface area contributed by atoms with Crippen LogP contribution in [-0.4, -0.2) is 35.9 Å². The quantitative estimate of drug-likeness (QED) is 0.598. The number of benzene rings is 2. The van der Waals surface area contributed by atoms with Crippen molar-refractivity contribution in [2.24, 2.45) is 5.92 Å². The van der Waals surface area contributed by atoms with Crippen LogP contribution in [0.4, 0.5) is 0 Å². The Hall–Kier alpha value is -2.53. The Kier molecular flexibility index (Phi) is 9.18. The van der Waals surface area contributed by atoms with Gasteiger partial charge in [-0.3, -0.25) is 9.59 Å². The molecule has 0 saturated carbocycles. The fourth-order valence-corrected chi connectivity index (χ4v) is 3.19. The van der Waals surface area contributed by atoms with Crippen LogP contribution in [0, 0.1) is 12.8 Å². The lowest BCUT2D eigenvalue weighted by molar-refractivity contribution is -0.143. The molecule has 0 radical (unpaired) electrons. The second-order valence-corrected chi connectivity index (χ2v) is 8.25. The van der Waals surface area contributed by atoms with Crippen LogP contribution in [0.25, 0.3) is 0 Å². The third kappa shape index (κ3) is 7.38. The van der Waals surface area contributed by atoms with E-state index in [9.17, 15) is 9.59 Å². The minimum absolute atomic E-state index is 0.134. The highest BCUT2D eigenvalue weighted by atomic mass is 35.5. The van der Waals surface area contributed by atoms with Gasteiger partial charge in [-0.05, 0) is 54.7 Å². The van der Waals surface area contributed by atoms with Crippen molar-refractivity contribution in [2.75, 3.05) is 13.2 Å². The van der Waals surface area contributed by atoms with Crippen molar-refractivity contribution in [1.29, 1.82) is 0 Å². The number of hydrogen-bond donors (Lipinski definition) is 1. The van der Waals surface area contributed by atoms with Gasteiger partial charge in [-0.25, -0.2) is 0 Å². The molecule has 0 fully saturated rings. The molecule has 1 N–H and O–H groups in total. The predicted octanol–water partition coefficient (Wildman–Crippen LogP) is 4.61. The van der Waals surface area contributed by atoms with Crippen molar-refractivity contribution < 1.29 is 14.3 Å². The van der Waals surface area contributed by atoms with Crippen molar-refractivity contribution in [3.63, 3.8) is 0 Å². The fraction of sp³-hybridized carbons (Fsp3) is 0.417. The zero-order valence-electron chi connectivity index (χ0n) is 18.2. The number of halogens is 1. The first kappa shape index (κ1) is 23.7. The van der Waals surface area contributed by atoms with Crippen LogP contribution >= 0.6 is 11.6 Å². The zero-order chi connectivity index (χ0) is 22.1. The Morgan fingerprint density at radius 2 is 1.83 bits per heavy atom. The number of nitrogens with one attached hydrogen (secondary N) is 1. The molecule has 30 heavy (non-hydrogen) atoms. The van der Waals surface area contributed by atoms with Gasteiger partial charge in [-0.2, -0.15) is 0 Å². The number of amides is 2. The van der Waals surface area contributed by atoms with Crippen LogP contribution in [-0.2, 0) is 16.1 Å². The summed E-state index contributed by atoms with van der Waals surface area (Å²) < 4.78 is 5.71. The summed E-state index contributed by atoms with van der Waals surface area (Å²) >= 11 is 5.99. The Labute approximate surface area is 184 Å². The van der Waals surface area contributed by atoms with Crippen molar-refractivity contribution in [2.45, 2.75) is 46.7 Å². The van der Waals surface area contributed by atoms with E-state index in [1.54, 1.807) is 17.0 Å². The molecule has 6 heteroatoms. The maximum absolute atomic E-state index is 13.1. The van der Waals surface area contributed by atoms with Gasteiger partial charge in [0.15, 0.2) is 6.61 Å². The Morgan fingerprint density at radius 3 is 2.43 bits per heavy atom. The highest BCUT2D eigenvalue weighted by Gasteiger charge is 2.29. The molecular weight excluding hydrogens is 400 g/mol. The molecule has 2 aromatic carbocycles. The lowest BCUT2D eigenvalue weighted by Gasteiger charge is -2.30. The Balaban J connectivity index is 2.18. The molecule has 0 aromatic heterocycles. The number of carbonyl (C=O) groups excluding carboxylic acids is 2. The van der Waals surface area contributed by atoms with Crippen LogP contribution in [0.1, 0.15) is 38.3 Å². The summed E-state index contributed by atoms with van der Waals surface area (Å²) in [5.41, 5.74) is 1.95. The van der Waals surface area contributed by atoms with Gasteiger partial charge in [-0.15, -0.1) is 0 Å². The SMILES string of the molecule is CCC(C(=O)NCC(C)C)N(Cc1ccc(Cl)cc1)C(=O)COc1cccc(C)c1. The molecule has 0 bridgehead atoms. The summed E-state index contributed by atoms with van der Waals surface area (Å²) in [4.78, 5) is 27.5. The normalized spacial score (nSPS) is 11.8. The largest absolute Gasteiger partial charge is 0.484 e. The molecular formula is C24H31ClN2O3. The summed E-state index contributed by atoms with van der Waals surface area (Å²) in [5.74, 6) is 0.575. The van der Waals surface area contributed by atoms with Gasteiger partial charge in [0, 0.05) is 18.1 Å². The fourth-order valence-electron chi connectivity index (χ4n) is 3.06. The Morgan fingerprint density at radius 1 is 1.13 bits per heavy atom. The van der Waals surface area contributed by atoms with Gasteiger partial charge >= 0.3 is 0 Å². The number of carbonyl (C=O) groups is 2. The molecule has 2 aromatic rings. The van der Waals surface area contributed by atoms with Gasteiger partial charge in [0.1, 0.15) is 11.8 Å². The van der Waals surface area contributed by atoms with E-state index in [0.29, 0.717) is 36.2 Å². The third-order valence-electron chi connectivity index (χ3n) is 4.69. The summed E-state index contributed by atoms with van der Waals surface area (Å²) in [6, 6.07) is 14.3. The molecule has 1 atom stereocenters. The maximum Gasteiger partial charge on any atom is 0.261 e. The van der Waals surface area contributed by atoms with Gasteiger partial charge in [0.25, 0.3) is 5.91 Å². The summed E-state index contributed by atoms with van der Waals surface area (Å²) in [6.07, 6.45) is 0.508. The van der Waals surface area contributed by atoms with Gasteiger partial charge in [-0.1, -0.05) is 56.6 Å². The number of rotatable bonds is 10. The van der Waals surface area contributed by atoms with Gasteiger partial charge < -0.3 is 15.0 Å². The molecule has 0 aliphatic heterocycles. The first-order valence-corrected chi connectivity index (χ1v) is 10.7. The summed E-state index contributed by atoms with van der Waals surface area (Å²) in [5, 5.41) is 3.58. The topological polar surface area (TPSA) is 58.6 Å². The van der Waals surface area contributed by atoms with Crippen LogP contribution in [0.3, 0.4) is 0 Å².